The highest BCUT2D eigenvalue weighted by Gasteiger charge is 2.16. The highest BCUT2D eigenvalue weighted by atomic mass is 16.5. The summed E-state index contributed by atoms with van der Waals surface area (Å²) in [6, 6.07) is 10.6. The molecule has 5 heteroatoms. The van der Waals surface area contributed by atoms with Gasteiger partial charge in [0, 0.05) is 0 Å². The third kappa shape index (κ3) is 3.51. The summed E-state index contributed by atoms with van der Waals surface area (Å²) in [6.45, 7) is 0. The van der Waals surface area contributed by atoms with Crippen LogP contribution in [0.5, 0.6) is 23.0 Å². The number of hydrogen-bond acceptors (Lipinski definition) is 5. The van der Waals surface area contributed by atoms with Crippen LogP contribution in [0.15, 0.2) is 42.5 Å². The summed E-state index contributed by atoms with van der Waals surface area (Å²) in [5, 5.41) is 0. The van der Waals surface area contributed by atoms with Crippen LogP contribution in [0.3, 0.4) is 0 Å². The quantitative estimate of drug-likeness (QED) is 0.574. The van der Waals surface area contributed by atoms with Gasteiger partial charge in [0.05, 0.1) is 34.0 Å². The molecular weight excluding hydrogens is 308 g/mol. The molecule has 0 heterocycles. The number of allylic oxidation sites excluding steroid dienone is 1. The third-order valence-electron chi connectivity index (χ3n) is 3.54. The van der Waals surface area contributed by atoms with Gasteiger partial charge in [0.2, 0.25) is 0 Å². The normalized spacial score (nSPS) is 10.5. The predicted octanol–water partition coefficient (Wildman–Crippen LogP) is 3.62. The molecule has 0 aliphatic rings. The molecule has 0 aliphatic carbocycles. The van der Waals surface area contributed by atoms with E-state index >= 15 is 0 Å². The molecule has 0 amide bonds. The van der Waals surface area contributed by atoms with Crippen molar-refractivity contribution in [1.82, 2.24) is 0 Å². The number of benzene rings is 2. The fraction of sp³-hybridized carbons (Fsp3) is 0.211. The van der Waals surface area contributed by atoms with Gasteiger partial charge in [-0.2, -0.15) is 0 Å². The lowest BCUT2D eigenvalue weighted by Gasteiger charge is -2.11. The molecule has 0 aliphatic heterocycles. The minimum Gasteiger partial charge on any atom is -0.496 e. The van der Waals surface area contributed by atoms with Crippen LogP contribution in [0.4, 0.5) is 0 Å². The molecule has 5 nitrogen and oxygen atoms in total. The Kier molecular flexibility index (Phi) is 5.84. The van der Waals surface area contributed by atoms with Crippen LogP contribution >= 0.6 is 0 Å². The van der Waals surface area contributed by atoms with E-state index in [9.17, 15) is 4.79 Å². The van der Waals surface area contributed by atoms with Gasteiger partial charge in [-0.3, -0.25) is 4.79 Å². The van der Waals surface area contributed by atoms with Crippen molar-refractivity contribution in [2.45, 2.75) is 0 Å². The lowest BCUT2D eigenvalue weighted by molar-refractivity contribution is 0.104. The maximum Gasteiger partial charge on any atom is 0.193 e. The SMILES string of the molecule is COc1cccc(OC)c1/C=C/C(=O)c1c(OC)cccc1OC. The first-order valence-electron chi connectivity index (χ1n) is 7.30. The number of hydrogen-bond donors (Lipinski definition) is 0. The van der Waals surface area contributed by atoms with E-state index in [-0.39, 0.29) is 5.78 Å². The number of ether oxygens (including phenoxy) is 4. The standard InChI is InChI=1S/C19H20O5/c1-21-15-7-5-8-16(22-2)13(15)11-12-14(20)19-17(23-3)9-6-10-18(19)24-4/h5-12H,1-4H3/b12-11+. The van der Waals surface area contributed by atoms with Gasteiger partial charge in [0.1, 0.15) is 28.6 Å². The Morgan fingerprint density at radius 3 is 1.58 bits per heavy atom. The minimum absolute atomic E-state index is 0.239. The van der Waals surface area contributed by atoms with E-state index in [2.05, 4.69) is 0 Å². The second-order valence-corrected chi connectivity index (χ2v) is 4.81. The van der Waals surface area contributed by atoms with Crippen LogP contribution in [-0.2, 0) is 0 Å². The number of rotatable bonds is 7. The zero-order chi connectivity index (χ0) is 17.5. The predicted molar refractivity (Wildman–Crippen MR) is 92.5 cm³/mol. The van der Waals surface area contributed by atoms with Crippen molar-refractivity contribution in [3.63, 3.8) is 0 Å². The van der Waals surface area contributed by atoms with E-state index in [1.807, 2.05) is 6.07 Å². The van der Waals surface area contributed by atoms with E-state index < -0.39 is 0 Å². The first kappa shape index (κ1) is 17.4. The Bertz CT molecular complexity index is 705. The third-order valence-corrected chi connectivity index (χ3v) is 3.54. The Balaban J connectivity index is 2.43. The highest BCUT2D eigenvalue weighted by Crippen LogP contribution is 2.32. The summed E-state index contributed by atoms with van der Waals surface area (Å²) >= 11 is 0. The molecule has 0 unspecified atom stereocenters. The molecule has 0 spiro atoms. The van der Waals surface area contributed by atoms with Crippen molar-refractivity contribution in [1.29, 1.82) is 0 Å². The smallest absolute Gasteiger partial charge is 0.193 e. The van der Waals surface area contributed by atoms with E-state index in [1.54, 1.807) is 50.6 Å². The average Bonchev–Trinajstić information content (AvgIpc) is 2.64. The van der Waals surface area contributed by atoms with E-state index in [1.165, 1.54) is 20.3 Å². The summed E-state index contributed by atoms with van der Waals surface area (Å²) in [7, 11) is 6.16. The van der Waals surface area contributed by atoms with Gasteiger partial charge in [0.15, 0.2) is 5.78 Å². The van der Waals surface area contributed by atoms with E-state index in [0.717, 1.165) is 0 Å². The molecule has 2 rings (SSSR count). The van der Waals surface area contributed by atoms with Crippen molar-refractivity contribution >= 4 is 11.9 Å². The Hall–Kier alpha value is -2.95. The molecule has 0 atom stereocenters. The maximum absolute atomic E-state index is 12.6. The lowest BCUT2D eigenvalue weighted by Crippen LogP contribution is -2.02. The van der Waals surface area contributed by atoms with Crippen LogP contribution in [0.25, 0.3) is 6.08 Å². The number of methoxy groups -OCH3 is 4. The first-order valence-corrected chi connectivity index (χ1v) is 7.30. The van der Waals surface area contributed by atoms with Crippen LogP contribution < -0.4 is 18.9 Å². The molecule has 0 fully saturated rings. The largest absolute Gasteiger partial charge is 0.496 e. The molecule has 0 saturated carbocycles. The summed E-state index contributed by atoms with van der Waals surface area (Å²) < 4.78 is 21.2. The molecule has 0 radical (unpaired) electrons. The molecule has 0 N–H and O–H groups in total. The van der Waals surface area contributed by atoms with Gasteiger partial charge in [0.25, 0.3) is 0 Å². The van der Waals surface area contributed by atoms with Crippen LogP contribution in [0, 0.1) is 0 Å². The van der Waals surface area contributed by atoms with Gasteiger partial charge in [-0.05, 0) is 36.4 Å². The van der Waals surface area contributed by atoms with Crippen LogP contribution in [-0.4, -0.2) is 34.2 Å². The van der Waals surface area contributed by atoms with Crippen molar-refractivity contribution in [2.75, 3.05) is 28.4 Å². The Labute approximate surface area is 141 Å². The summed E-state index contributed by atoms with van der Waals surface area (Å²) in [4.78, 5) is 12.6. The average molecular weight is 328 g/mol. The molecule has 2 aromatic rings. The molecule has 2 aromatic carbocycles. The summed E-state index contributed by atoms with van der Waals surface area (Å²) in [5.41, 5.74) is 1.05. The second-order valence-electron chi connectivity index (χ2n) is 4.81. The van der Waals surface area contributed by atoms with Gasteiger partial charge in [-0.25, -0.2) is 0 Å². The fourth-order valence-corrected chi connectivity index (χ4v) is 2.38. The molecule has 126 valence electrons. The molecular formula is C19H20O5. The Morgan fingerprint density at radius 2 is 1.17 bits per heavy atom. The Morgan fingerprint density at radius 1 is 0.750 bits per heavy atom. The van der Waals surface area contributed by atoms with Crippen molar-refractivity contribution in [2.24, 2.45) is 0 Å². The van der Waals surface area contributed by atoms with Gasteiger partial charge in [-0.15, -0.1) is 0 Å². The summed E-state index contributed by atoms with van der Waals surface area (Å²) in [5.74, 6) is 1.90. The van der Waals surface area contributed by atoms with E-state index in [4.69, 9.17) is 18.9 Å². The first-order chi connectivity index (χ1) is 11.7. The number of carbonyl (C=O) groups is 1. The zero-order valence-corrected chi connectivity index (χ0v) is 14.2. The molecule has 0 bridgehead atoms. The summed E-state index contributed by atoms with van der Waals surface area (Å²) in [6.07, 6.45) is 3.10. The number of ketones is 1. The maximum atomic E-state index is 12.6. The fourth-order valence-electron chi connectivity index (χ4n) is 2.38. The zero-order valence-electron chi connectivity index (χ0n) is 14.2. The second kappa shape index (κ2) is 8.06. The topological polar surface area (TPSA) is 54.0 Å². The van der Waals surface area contributed by atoms with E-state index in [0.29, 0.717) is 34.1 Å². The number of carbonyl (C=O) groups excluding carboxylic acids is 1. The molecule has 0 aromatic heterocycles. The van der Waals surface area contributed by atoms with Crippen LogP contribution in [0.1, 0.15) is 15.9 Å². The minimum atomic E-state index is -0.239. The van der Waals surface area contributed by atoms with Crippen molar-refractivity contribution < 1.29 is 23.7 Å². The lowest BCUT2D eigenvalue weighted by atomic mass is 10.1. The monoisotopic (exact) mass is 328 g/mol. The van der Waals surface area contributed by atoms with Crippen LogP contribution in [0.2, 0.25) is 0 Å². The van der Waals surface area contributed by atoms with Gasteiger partial charge in [-0.1, -0.05) is 12.1 Å². The molecule has 0 saturated heterocycles. The van der Waals surface area contributed by atoms with Gasteiger partial charge >= 0.3 is 0 Å². The van der Waals surface area contributed by atoms with Gasteiger partial charge < -0.3 is 18.9 Å². The van der Waals surface area contributed by atoms with Crippen molar-refractivity contribution in [3.8, 4) is 23.0 Å². The highest BCUT2D eigenvalue weighted by molar-refractivity contribution is 6.10. The van der Waals surface area contributed by atoms with Crippen molar-refractivity contribution in [3.05, 3.63) is 53.6 Å². The molecule has 24 heavy (non-hydrogen) atoms.